The molecule has 10 heteroatoms. The highest BCUT2D eigenvalue weighted by Crippen LogP contribution is 2.28. The average Bonchev–Trinajstić information content (AvgIpc) is 3.11. The third kappa shape index (κ3) is 4.81. The van der Waals surface area contributed by atoms with Gasteiger partial charge < -0.3 is 25.6 Å². The molecule has 2 aliphatic heterocycles. The lowest BCUT2D eigenvalue weighted by molar-refractivity contribution is -0.133. The van der Waals surface area contributed by atoms with E-state index < -0.39 is 24.1 Å². The largest absolute Gasteiger partial charge is 0.442 e. The van der Waals surface area contributed by atoms with Crippen LogP contribution in [0.3, 0.4) is 0 Å². The number of nitrogens with two attached hydrogens (primary N) is 1. The lowest BCUT2D eigenvalue weighted by Gasteiger charge is -2.37. The molecule has 0 aliphatic carbocycles. The van der Waals surface area contributed by atoms with Gasteiger partial charge in [-0.3, -0.25) is 14.5 Å². The summed E-state index contributed by atoms with van der Waals surface area (Å²) in [5.74, 6) is -0.733. The number of carbonyl (C=O) groups is 3. The summed E-state index contributed by atoms with van der Waals surface area (Å²) in [6.45, 7) is 5.67. The van der Waals surface area contributed by atoms with Crippen molar-refractivity contribution in [3.8, 4) is 0 Å². The minimum Gasteiger partial charge on any atom is -0.442 e. The Kier molecular flexibility index (Phi) is 6.76. The number of hydrogen-bond acceptors (Lipinski definition) is 6. The minimum absolute atomic E-state index is 0.0747. The predicted molar refractivity (Wildman–Crippen MR) is 110 cm³/mol. The number of nitrogens with one attached hydrogen (secondary N) is 1. The van der Waals surface area contributed by atoms with Gasteiger partial charge in [0, 0.05) is 33.1 Å². The summed E-state index contributed by atoms with van der Waals surface area (Å²) in [5, 5.41) is 2.61. The molecule has 0 bridgehead atoms. The molecule has 0 radical (unpaired) electrons. The van der Waals surface area contributed by atoms with Crippen LogP contribution >= 0.6 is 0 Å². The van der Waals surface area contributed by atoms with Crippen LogP contribution in [-0.4, -0.2) is 74.2 Å². The van der Waals surface area contributed by atoms with E-state index in [9.17, 15) is 18.8 Å². The first-order valence-electron chi connectivity index (χ1n) is 10.1. The van der Waals surface area contributed by atoms with Crippen LogP contribution in [0.2, 0.25) is 0 Å². The van der Waals surface area contributed by atoms with E-state index in [1.165, 1.54) is 17.9 Å². The molecular weight excluding hydrogens is 393 g/mol. The molecule has 3 amide bonds. The van der Waals surface area contributed by atoms with Crippen molar-refractivity contribution >= 4 is 29.3 Å². The molecule has 30 heavy (non-hydrogen) atoms. The van der Waals surface area contributed by atoms with Gasteiger partial charge in [-0.25, -0.2) is 9.18 Å². The summed E-state index contributed by atoms with van der Waals surface area (Å²) >= 11 is 0. The quantitative estimate of drug-likeness (QED) is 0.699. The molecule has 2 fully saturated rings. The van der Waals surface area contributed by atoms with Crippen molar-refractivity contribution in [1.82, 2.24) is 10.2 Å². The van der Waals surface area contributed by atoms with Crippen LogP contribution < -0.4 is 20.9 Å². The van der Waals surface area contributed by atoms with Gasteiger partial charge in [0.2, 0.25) is 11.8 Å². The molecule has 9 nitrogen and oxygen atoms in total. The van der Waals surface area contributed by atoms with E-state index in [0.717, 1.165) is 0 Å². The highest BCUT2D eigenvalue weighted by molar-refractivity contribution is 5.90. The zero-order valence-electron chi connectivity index (χ0n) is 17.3. The molecule has 1 aromatic rings. The van der Waals surface area contributed by atoms with Crippen LogP contribution in [0, 0.1) is 5.82 Å². The van der Waals surface area contributed by atoms with E-state index in [1.54, 1.807) is 17.0 Å². The molecular formula is C20H28FN5O4. The Morgan fingerprint density at radius 2 is 2.00 bits per heavy atom. The van der Waals surface area contributed by atoms with Gasteiger partial charge in [0.15, 0.2) is 0 Å². The number of hydrogen-bond donors (Lipinski definition) is 2. The Morgan fingerprint density at radius 3 is 2.60 bits per heavy atom. The number of cyclic esters (lactones) is 1. The molecule has 0 spiro atoms. The maximum absolute atomic E-state index is 14.8. The first kappa shape index (κ1) is 21.8. The maximum Gasteiger partial charge on any atom is 0.414 e. The second kappa shape index (κ2) is 9.29. The van der Waals surface area contributed by atoms with Gasteiger partial charge in [0.1, 0.15) is 11.9 Å². The standard InChI is InChI=1S/C20H28FN5O4/c1-3-17(22)19(28)25-8-6-24(7-9-25)18-5-4-14(10-16(18)21)26-12-15(30-20(26)29)11-23-13(2)27/h4-5,10,15,17H,3,6-9,11-12,22H2,1-2H3,(H,23,27)/t15-,17+/m0/s1. The Balaban J connectivity index is 1.62. The first-order valence-corrected chi connectivity index (χ1v) is 10.1. The summed E-state index contributed by atoms with van der Waals surface area (Å²) in [4.78, 5) is 40.3. The molecule has 3 rings (SSSR count). The van der Waals surface area contributed by atoms with Crippen LogP contribution in [0.5, 0.6) is 0 Å². The van der Waals surface area contributed by atoms with Crippen LogP contribution in [0.1, 0.15) is 20.3 Å². The van der Waals surface area contributed by atoms with E-state index >= 15 is 0 Å². The number of anilines is 2. The summed E-state index contributed by atoms with van der Waals surface area (Å²) < 4.78 is 20.0. The number of nitrogens with zero attached hydrogens (tertiary/aromatic N) is 3. The highest BCUT2D eigenvalue weighted by atomic mass is 19.1. The lowest BCUT2D eigenvalue weighted by Crippen LogP contribution is -2.53. The number of benzene rings is 1. The molecule has 164 valence electrons. The van der Waals surface area contributed by atoms with Gasteiger partial charge in [-0.1, -0.05) is 6.92 Å². The fraction of sp³-hybridized carbons (Fsp3) is 0.550. The molecule has 2 heterocycles. The number of carbonyl (C=O) groups excluding carboxylic acids is 3. The van der Waals surface area contributed by atoms with Crippen LogP contribution in [-0.2, 0) is 14.3 Å². The Labute approximate surface area is 174 Å². The molecule has 0 unspecified atom stereocenters. The molecule has 2 aliphatic rings. The van der Waals surface area contributed by atoms with Gasteiger partial charge in [-0.2, -0.15) is 0 Å². The van der Waals surface area contributed by atoms with E-state index in [-0.39, 0.29) is 24.9 Å². The molecule has 2 saturated heterocycles. The second-order valence-corrected chi connectivity index (χ2v) is 7.52. The monoisotopic (exact) mass is 421 g/mol. The van der Waals surface area contributed by atoms with Crippen LogP contribution in [0.4, 0.5) is 20.6 Å². The van der Waals surface area contributed by atoms with Gasteiger partial charge >= 0.3 is 6.09 Å². The number of piperazine rings is 1. The van der Waals surface area contributed by atoms with Crippen molar-refractivity contribution in [2.24, 2.45) is 5.73 Å². The van der Waals surface area contributed by atoms with Crippen molar-refractivity contribution < 1.29 is 23.5 Å². The van der Waals surface area contributed by atoms with Crippen LogP contribution in [0.15, 0.2) is 18.2 Å². The molecule has 2 atom stereocenters. The molecule has 0 aromatic heterocycles. The van der Waals surface area contributed by atoms with E-state index in [2.05, 4.69) is 5.32 Å². The predicted octanol–water partition coefficient (Wildman–Crippen LogP) is 0.673. The molecule has 0 saturated carbocycles. The van der Waals surface area contributed by atoms with Crippen molar-refractivity contribution in [3.63, 3.8) is 0 Å². The van der Waals surface area contributed by atoms with E-state index in [1.807, 2.05) is 11.8 Å². The number of rotatable bonds is 6. The van der Waals surface area contributed by atoms with Crippen LogP contribution in [0.25, 0.3) is 0 Å². The lowest BCUT2D eigenvalue weighted by atomic mass is 10.1. The van der Waals surface area contributed by atoms with Gasteiger partial charge in [-0.05, 0) is 24.6 Å². The normalized spacial score (nSPS) is 20.2. The van der Waals surface area contributed by atoms with Crippen molar-refractivity contribution in [1.29, 1.82) is 0 Å². The van der Waals surface area contributed by atoms with Gasteiger partial charge in [0.05, 0.1) is 30.5 Å². The summed E-state index contributed by atoms with van der Waals surface area (Å²) in [5.41, 5.74) is 6.64. The van der Waals surface area contributed by atoms with E-state index in [4.69, 9.17) is 10.5 Å². The highest BCUT2D eigenvalue weighted by Gasteiger charge is 2.33. The zero-order valence-corrected chi connectivity index (χ0v) is 17.3. The molecule has 3 N–H and O–H groups in total. The Morgan fingerprint density at radius 1 is 1.30 bits per heavy atom. The fourth-order valence-electron chi connectivity index (χ4n) is 3.59. The summed E-state index contributed by atoms with van der Waals surface area (Å²) in [6, 6.07) is 4.11. The van der Waals surface area contributed by atoms with Crippen molar-refractivity contribution in [2.75, 3.05) is 49.1 Å². The maximum atomic E-state index is 14.8. The fourth-order valence-corrected chi connectivity index (χ4v) is 3.59. The van der Waals surface area contributed by atoms with Crippen molar-refractivity contribution in [3.05, 3.63) is 24.0 Å². The minimum atomic E-state index is -0.572. The first-order chi connectivity index (χ1) is 14.3. The van der Waals surface area contributed by atoms with Gasteiger partial charge in [-0.15, -0.1) is 0 Å². The summed E-state index contributed by atoms with van der Waals surface area (Å²) in [6.07, 6.45) is -0.471. The number of amides is 3. The molecule has 1 aromatic carbocycles. The average molecular weight is 421 g/mol. The Hall–Kier alpha value is -2.88. The third-order valence-electron chi connectivity index (χ3n) is 5.38. The zero-order chi connectivity index (χ0) is 21.8. The smallest absolute Gasteiger partial charge is 0.414 e. The van der Waals surface area contributed by atoms with Gasteiger partial charge in [0.25, 0.3) is 0 Å². The van der Waals surface area contributed by atoms with E-state index in [0.29, 0.717) is 44.0 Å². The topological polar surface area (TPSA) is 108 Å². The Bertz CT molecular complexity index is 812. The summed E-state index contributed by atoms with van der Waals surface area (Å²) in [7, 11) is 0. The number of ether oxygens (including phenoxy) is 1. The third-order valence-corrected chi connectivity index (χ3v) is 5.38. The number of halogens is 1. The SMILES string of the molecule is CC[C@@H](N)C(=O)N1CCN(c2ccc(N3C[C@H](CNC(C)=O)OC3=O)cc2F)CC1. The van der Waals surface area contributed by atoms with Crippen molar-refractivity contribution in [2.45, 2.75) is 32.4 Å². The second-order valence-electron chi connectivity index (χ2n) is 7.52.